The Balaban J connectivity index is 0. The molecule has 0 amide bonds. The van der Waals surface area contributed by atoms with Crippen LogP contribution in [-0.4, -0.2) is 22.4 Å². The van der Waals surface area contributed by atoms with E-state index in [1.54, 1.807) is 0 Å². The molecule has 0 aromatic rings. The maximum Gasteiger partial charge on any atom is 0.0586 e. The summed E-state index contributed by atoms with van der Waals surface area (Å²) in [5.41, 5.74) is 0. The summed E-state index contributed by atoms with van der Waals surface area (Å²) in [5, 5.41) is 18.4. The fourth-order valence-electron chi connectivity index (χ4n) is 1.54. The zero-order valence-electron chi connectivity index (χ0n) is 12.4. The Hall–Kier alpha value is -0.0800. The van der Waals surface area contributed by atoms with Gasteiger partial charge >= 0.3 is 0 Å². The van der Waals surface area contributed by atoms with E-state index in [-0.39, 0.29) is 12.2 Å². The first-order chi connectivity index (χ1) is 7.11. The molecule has 0 saturated carbocycles. The van der Waals surface area contributed by atoms with Crippen molar-refractivity contribution in [3.63, 3.8) is 0 Å². The minimum atomic E-state index is -0.130. The summed E-state index contributed by atoms with van der Waals surface area (Å²) < 4.78 is 0. The fourth-order valence-corrected chi connectivity index (χ4v) is 1.54. The Morgan fingerprint density at radius 1 is 0.438 bits per heavy atom. The molecule has 0 saturated heterocycles. The Bertz CT molecular complexity index is 117. The first kappa shape index (κ1) is 18.3. The van der Waals surface area contributed by atoms with Gasteiger partial charge in [-0.3, -0.25) is 0 Å². The van der Waals surface area contributed by atoms with E-state index < -0.39 is 0 Å². The zero-order valence-corrected chi connectivity index (χ0v) is 12.4. The van der Waals surface area contributed by atoms with E-state index in [1.807, 2.05) is 55.4 Å². The van der Waals surface area contributed by atoms with Crippen LogP contribution in [-0.2, 0) is 0 Å². The molecule has 0 bridgehead atoms. The molecule has 0 aromatic carbocycles. The van der Waals surface area contributed by atoms with Crippen molar-refractivity contribution in [1.29, 1.82) is 0 Å². The Labute approximate surface area is 102 Å². The molecule has 0 rings (SSSR count). The topological polar surface area (TPSA) is 40.5 Å². The van der Waals surface area contributed by atoms with Crippen LogP contribution in [0.1, 0.15) is 55.4 Å². The minimum absolute atomic E-state index is 0.130. The van der Waals surface area contributed by atoms with Crippen LogP contribution < -0.4 is 0 Å². The van der Waals surface area contributed by atoms with Gasteiger partial charge in [-0.1, -0.05) is 55.4 Å². The molecule has 0 spiro atoms. The van der Waals surface area contributed by atoms with Crippen molar-refractivity contribution in [2.45, 2.75) is 67.6 Å². The SMILES string of the molecule is CC(C)C(O)C(C)C.CC(C)C(O)C(C)C. The van der Waals surface area contributed by atoms with Crippen molar-refractivity contribution < 1.29 is 10.2 Å². The van der Waals surface area contributed by atoms with E-state index in [4.69, 9.17) is 0 Å². The second-order valence-corrected chi connectivity index (χ2v) is 5.96. The number of aliphatic hydroxyl groups excluding tert-OH is 2. The lowest BCUT2D eigenvalue weighted by Gasteiger charge is -2.17. The number of hydrogen-bond donors (Lipinski definition) is 2. The van der Waals surface area contributed by atoms with E-state index in [0.29, 0.717) is 23.7 Å². The Kier molecular flexibility index (Phi) is 10.3. The average molecular weight is 232 g/mol. The molecular weight excluding hydrogens is 200 g/mol. The van der Waals surface area contributed by atoms with Gasteiger partial charge in [0.05, 0.1) is 12.2 Å². The van der Waals surface area contributed by atoms with Gasteiger partial charge in [-0.05, 0) is 23.7 Å². The van der Waals surface area contributed by atoms with Crippen LogP contribution in [0, 0.1) is 23.7 Å². The molecule has 0 heterocycles. The monoisotopic (exact) mass is 232 g/mol. The molecule has 2 N–H and O–H groups in total. The largest absolute Gasteiger partial charge is 0.393 e. The van der Waals surface area contributed by atoms with Crippen molar-refractivity contribution in [2.75, 3.05) is 0 Å². The molecule has 2 heteroatoms. The van der Waals surface area contributed by atoms with Crippen LogP contribution in [0.3, 0.4) is 0 Å². The standard InChI is InChI=1S/2C7H16O/c2*1-5(2)7(8)6(3)4/h2*5-8H,1-4H3. The molecule has 100 valence electrons. The van der Waals surface area contributed by atoms with Crippen LogP contribution in [0.25, 0.3) is 0 Å². The van der Waals surface area contributed by atoms with E-state index in [0.717, 1.165) is 0 Å². The lowest BCUT2D eigenvalue weighted by molar-refractivity contribution is 0.0800. The third kappa shape index (κ3) is 9.17. The van der Waals surface area contributed by atoms with Crippen LogP contribution >= 0.6 is 0 Å². The van der Waals surface area contributed by atoms with Gasteiger partial charge in [0.2, 0.25) is 0 Å². The maximum absolute atomic E-state index is 9.20. The normalized spacial score (nSPS) is 12.0. The molecule has 0 aliphatic rings. The molecular formula is C14H32O2. The van der Waals surface area contributed by atoms with Gasteiger partial charge in [0.15, 0.2) is 0 Å². The van der Waals surface area contributed by atoms with Gasteiger partial charge < -0.3 is 10.2 Å². The Morgan fingerprint density at radius 2 is 0.562 bits per heavy atom. The number of aliphatic hydroxyl groups is 2. The van der Waals surface area contributed by atoms with Crippen molar-refractivity contribution >= 4 is 0 Å². The third-order valence-electron chi connectivity index (χ3n) is 2.73. The molecule has 16 heavy (non-hydrogen) atoms. The highest BCUT2D eigenvalue weighted by Crippen LogP contribution is 2.10. The molecule has 0 fully saturated rings. The van der Waals surface area contributed by atoms with Crippen LogP contribution in [0.4, 0.5) is 0 Å². The lowest BCUT2D eigenvalue weighted by Crippen LogP contribution is -2.20. The molecule has 2 nitrogen and oxygen atoms in total. The summed E-state index contributed by atoms with van der Waals surface area (Å²) in [6.45, 7) is 16.3. The first-order valence-corrected chi connectivity index (χ1v) is 6.47. The highest BCUT2D eigenvalue weighted by Gasteiger charge is 2.12. The highest BCUT2D eigenvalue weighted by molar-refractivity contribution is 4.62. The molecule has 0 aliphatic heterocycles. The van der Waals surface area contributed by atoms with Crippen molar-refractivity contribution in [2.24, 2.45) is 23.7 Å². The summed E-state index contributed by atoms with van der Waals surface area (Å²) >= 11 is 0. The summed E-state index contributed by atoms with van der Waals surface area (Å²) in [6.07, 6.45) is -0.259. The van der Waals surface area contributed by atoms with Gasteiger partial charge in [-0.2, -0.15) is 0 Å². The summed E-state index contributed by atoms with van der Waals surface area (Å²) in [7, 11) is 0. The predicted octanol–water partition coefficient (Wildman–Crippen LogP) is 3.32. The zero-order chi connectivity index (χ0) is 13.5. The van der Waals surface area contributed by atoms with Crippen LogP contribution in [0.5, 0.6) is 0 Å². The van der Waals surface area contributed by atoms with Gasteiger partial charge in [0.1, 0.15) is 0 Å². The van der Waals surface area contributed by atoms with Gasteiger partial charge in [0.25, 0.3) is 0 Å². The summed E-state index contributed by atoms with van der Waals surface area (Å²) in [4.78, 5) is 0. The van der Waals surface area contributed by atoms with Crippen molar-refractivity contribution in [3.05, 3.63) is 0 Å². The maximum atomic E-state index is 9.20. The number of hydrogen-bond acceptors (Lipinski definition) is 2. The molecule has 0 radical (unpaired) electrons. The average Bonchev–Trinajstić information content (AvgIpc) is 2.15. The quantitative estimate of drug-likeness (QED) is 0.780. The van der Waals surface area contributed by atoms with Gasteiger partial charge in [-0.15, -0.1) is 0 Å². The summed E-state index contributed by atoms with van der Waals surface area (Å²) in [6, 6.07) is 0. The van der Waals surface area contributed by atoms with E-state index >= 15 is 0 Å². The van der Waals surface area contributed by atoms with E-state index in [2.05, 4.69) is 0 Å². The van der Waals surface area contributed by atoms with Crippen molar-refractivity contribution in [3.8, 4) is 0 Å². The minimum Gasteiger partial charge on any atom is -0.393 e. The second kappa shape index (κ2) is 9.00. The second-order valence-electron chi connectivity index (χ2n) is 5.96. The van der Waals surface area contributed by atoms with Crippen LogP contribution in [0.2, 0.25) is 0 Å². The first-order valence-electron chi connectivity index (χ1n) is 6.47. The molecule has 0 unspecified atom stereocenters. The predicted molar refractivity (Wildman–Crippen MR) is 71.4 cm³/mol. The fraction of sp³-hybridized carbons (Fsp3) is 1.00. The molecule has 0 aliphatic carbocycles. The van der Waals surface area contributed by atoms with E-state index in [9.17, 15) is 10.2 Å². The third-order valence-corrected chi connectivity index (χ3v) is 2.73. The number of rotatable bonds is 4. The summed E-state index contributed by atoms with van der Waals surface area (Å²) in [5.74, 6) is 1.59. The highest BCUT2D eigenvalue weighted by atomic mass is 16.3. The molecule has 0 aromatic heterocycles. The van der Waals surface area contributed by atoms with Crippen LogP contribution in [0.15, 0.2) is 0 Å². The Morgan fingerprint density at radius 3 is 0.562 bits per heavy atom. The smallest absolute Gasteiger partial charge is 0.0586 e. The van der Waals surface area contributed by atoms with Gasteiger partial charge in [-0.25, -0.2) is 0 Å². The van der Waals surface area contributed by atoms with E-state index in [1.165, 1.54) is 0 Å². The molecule has 0 atom stereocenters. The lowest BCUT2D eigenvalue weighted by atomic mass is 9.97. The van der Waals surface area contributed by atoms with Gasteiger partial charge in [0, 0.05) is 0 Å². The van der Waals surface area contributed by atoms with Crippen molar-refractivity contribution in [1.82, 2.24) is 0 Å².